The van der Waals surface area contributed by atoms with Crippen molar-refractivity contribution in [1.29, 1.82) is 0 Å². The van der Waals surface area contributed by atoms with E-state index in [-0.39, 0.29) is 11.1 Å². The first-order valence-electron chi connectivity index (χ1n) is 11.4. The van der Waals surface area contributed by atoms with Crippen LogP contribution >= 0.6 is 11.3 Å². The third-order valence-electron chi connectivity index (χ3n) is 6.23. The molecule has 0 aliphatic carbocycles. The molecule has 0 atom stereocenters. The zero-order valence-electron chi connectivity index (χ0n) is 19.0. The molecule has 5 aromatic rings. The van der Waals surface area contributed by atoms with Gasteiger partial charge in [0, 0.05) is 41.6 Å². The molecule has 3 heterocycles. The molecule has 1 amide bonds. The maximum Gasteiger partial charge on any atom is 0.254 e. The molecule has 0 unspecified atom stereocenters. The first-order valence-corrected chi connectivity index (χ1v) is 12.3. The fraction of sp³-hybridized carbons (Fsp3) is 0.148. The highest BCUT2D eigenvalue weighted by Crippen LogP contribution is 2.33. The molecule has 9 heteroatoms. The Bertz CT molecular complexity index is 1590. The molecule has 1 N–H and O–H groups in total. The number of carbonyl (C=O) groups excluding carboxylic acids is 1. The summed E-state index contributed by atoms with van der Waals surface area (Å²) in [6, 6.07) is 15.0. The Hall–Kier alpha value is -3.95. The second-order valence-electron chi connectivity index (χ2n) is 8.47. The van der Waals surface area contributed by atoms with Crippen LogP contribution in [0.3, 0.4) is 0 Å². The number of carbonyl (C=O) groups is 1. The monoisotopic (exact) mass is 502 g/mol. The average Bonchev–Trinajstić information content (AvgIpc) is 3.37. The van der Waals surface area contributed by atoms with Gasteiger partial charge in [0.1, 0.15) is 11.6 Å². The number of aromatic nitrogens is 2. The maximum absolute atomic E-state index is 15.2. The SMILES string of the molecule is O=C(c1cc(F)c(-c2ccc3nccc(Nc4ccc5scnc5c4)c3c2)c(F)c1)N1CCOCC1. The van der Waals surface area contributed by atoms with Gasteiger partial charge in [-0.1, -0.05) is 6.07 Å². The Morgan fingerprint density at radius 3 is 2.56 bits per heavy atom. The molecule has 6 nitrogen and oxygen atoms in total. The van der Waals surface area contributed by atoms with Crippen LogP contribution in [0.5, 0.6) is 0 Å². The standard InChI is InChI=1S/C27H20F2N4O2S/c28-20-12-17(27(34)33-7-9-35-10-8-33)13-21(29)26(20)16-1-3-22-19(11-16)23(5-6-30-22)32-18-2-4-25-24(14-18)31-15-36-25/h1-6,11-15H,7-10H2,(H,30,32). The highest BCUT2D eigenvalue weighted by Gasteiger charge is 2.22. The topological polar surface area (TPSA) is 67.4 Å². The van der Waals surface area contributed by atoms with Crippen LogP contribution in [0.2, 0.25) is 0 Å². The molecule has 0 saturated carbocycles. The summed E-state index contributed by atoms with van der Waals surface area (Å²) in [5, 5.41) is 4.08. The van der Waals surface area contributed by atoms with E-state index in [9.17, 15) is 4.79 Å². The number of thiazole rings is 1. The highest BCUT2D eigenvalue weighted by atomic mass is 32.1. The van der Waals surface area contributed by atoms with Crippen LogP contribution in [0.4, 0.5) is 20.2 Å². The van der Waals surface area contributed by atoms with Crippen molar-refractivity contribution in [2.45, 2.75) is 0 Å². The number of anilines is 2. The zero-order valence-corrected chi connectivity index (χ0v) is 19.8. The van der Waals surface area contributed by atoms with E-state index in [2.05, 4.69) is 15.3 Å². The highest BCUT2D eigenvalue weighted by molar-refractivity contribution is 7.16. The van der Waals surface area contributed by atoms with Gasteiger partial charge in [0.25, 0.3) is 5.91 Å². The van der Waals surface area contributed by atoms with Crippen molar-refractivity contribution in [3.8, 4) is 11.1 Å². The van der Waals surface area contributed by atoms with Crippen molar-refractivity contribution in [3.63, 3.8) is 0 Å². The summed E-state index contributed by atoms with van der Waals surface area (Å²) in [7, 11) is 0. The molecule has 180 valence electrons. The third-order valence-corrected chi connectivity index (χ3v) is 7.04. The predicted molar refractivity (Wildman–Crippen MR) is 137 cm³/mol. The lowest BCUT2D eigenvalue weighted by Crippen LogP contribution is -2.40. The summed E-state index contributed by atoms with van der Waals surface area (Å²) in [5.41, 5.74) is 5.11. The van der Waals surface area contributed by atoms with Crippen molar-refractivity contribution in [3.05, 3.63) is 83.5 Å². The van der Waals surface area contributed by atoms with E-state index in [1.807, 2.05) is 24.3 Å². The Morgan fingerprint density at radius 1 is 0.944 bits per heavy atom. The summed E-state index contributed by atoms with van der Waals surface area (Å²) < 4.78 is 36.8. The molecular formula is C27H20F2N4O2S. The fourth-order valence-electron chi connectivity index (χ4n) is 4.42. The summed E-state index contributed by atoms with van der Waals surface area (Å²) in [6.45, 7) is 1.61. The largest absolute Gasteiger partial charge is 0.378 e. The van der Waals surface area contributed by atoms with E-state index in [0.29, 0.717) is 42.8 Å². The zero-order chi connectivity index (χ0) is 24.6. The van der Waals surface area contributed by atoms with Gasteiger partial charge in [-0.25, -0.2) is 13.8 Å². The Balaban J connectivity index is 1.36. The van der Waals surface area contributed by atoms with Gasteiger partial charge in [-0.2, -0.15) is 0 Å². The second-order valence-corrected chi connectivity index (χ2v) is 9.36. The normalized spacial score (nSPS) is 13.9. The van der Waals surface area contributed by atoms with Crippen LogP contribution < -0.4 is 5.32 Å². The quantitative estimate of drug-likeness (QED) is 0.326. The van der Waals surface area contributed by atoms with E-state index in [1.165, 1.54) is 0 Å². The number of pyridine rings is 1. The van der Waals surface area contributed by atoms with E-state index >= 15 is 8.78 Å². The summed E-state index contributed by atoms with van der Waals surface area (Å²) in [6.07, 6.45) is 1.68. The van der Waals surface area contributed by atoms with Gasteiger partial charge < -0.3 is 15.0 Å². The lowest BCUT2D eigenvalue weighted by atomic mass is 9.99. The lowest BCUT2D eigenvalue weighted by Gasteiger charge is -2.27. The van der Waals surface area contributed by atoms with Gasteiger partial charge in [0.05, 0.1) is 40.0 Å². The molecule has 2 aromatic heterocycles. The van der Waals surface area contributed by atoms with Crippen molar-refractivity contribution < 1.29 is 18.3 Å². The smallest absolute Gasteiger partial charge is 0.254 e. The molecule has 1 saturated heterocycles. The Labute approximate surface area is 209 Å². The summed E-state index contributed by atoms with van der Waals surface area (Å²) >= 11 is 1.57. The van der Waals surface area contributed by atoms with Gasteiger partial charge in [-0.05, 0) is 54.1 Å². The van der Waals surface area contributed by atoms with Gasteiger partial charge in [0.2, 0.25) is 0 Å². The second kappa shape index (κ2) is 9.25. The van der Waals surface area contributed by atoms with Crippen LogP contribution in [0.25, 0.3) is 32.2 Å². The number of fused-ring (bicyclic) bond motifs is 2. The van der Waals surface area contributed by atoms with E-state index in [1.54, 1.807) is 46.1 Å². The van der Waals surface area contributed by atoms with Crippen molar-refractivity contribution >= 4 is 49.7 Å². The van der Waals surface area contributed by atoms with Crippen LogP contribution in [0.15, 0.2) is 66.3 Å². The number of hydrogen-bond donors (Lipinski definition) is 1. The van der Waals surface area contributed by atoms with Crippen molar-refractivity contribution in [1.82, 2.24) is 14.9 Å². The molecule has 36 heavy (non-hydrogen) atoms. The van der Waals surface area contributed by atoms with Crippen molar-refractivity contribution in [2.24, 2.45) is 0 Å². The average molecular weight is 503 g/mol. The molecule has 3 aromatic carbocycles. The molecule has 0 bridgehead atoms. The molecule has 1 fully saturated rings. The minimum absolute atomic E-state index is 0.0158. The van der Waals surface area contributed by atoms with E-state index < -0.39 is 17.5 Å². The Kier molecular flexibility index (Phi) is 5.79. The lowest BCUT2D eigenvalue weighted by molar-refractivity contribution is 0.0302. The first kappa shape index (κ1) is 22.5. The van der Waals surface area contributed by atoms with Crippen LogP contribution in [0, 0.1) is 11.6 Å². The third kappa shape index (κ3) is 4.16. The summed E-state index contributed by atoms with van der Waals surface area (Å²) in [4.78, 5) is 23.0. The van der Waals surface area contributed by atoms with Crippen LogP contribution in [-0.4, -0.2) is 47.1 Å². The first-order chi connectivity index (χ1) is 17.6. The molecule has 6 rings (SSSR count). The number of nitrogens with one attached hydrogen (secondary N) is 1. The number of benzene rings is 3. The number of amides is 1. The predicted octanol–water partition coefficient (Wildman–Crippen LogP) is 6.01. The number of hydrogen-bond acceptors (Lipinski definition) is 6. The number of rotatable bonds is 4. The van der Waals surface area contributed by atoms with Gasteiger partial charge in [-0.15, -0.1) is 11.3 Å². The van der Waals surface area contributed by atoms with Gasteiger partial charge in [0.15, 0.2) is 0 Å². The number of morpholine rings is 1. The summed E-state index contributed by atoms with van der Waals surface area (Å²) in [5.74, 6) is -1.99. The maximum atomic E-state index is 15.2. The molecule has 0 spiro atoms. The molecule has 1 aliphatic heterocycles. The van der Waals surface area contributed by atoms with Crippen LogP contribution in [-0.2, 0) is 4.74 Å². The van der Waals surface area contributed by atoms with E-state index in [0.717, 1.165) is 33.7 Å². The Morgan fingerprint density at radius 2 is 1.75 bits per heavy atom. The number of halogens is 2. The molecule has 0 radical (unpaired) electrons. The number of nitrogens with zero attached hydrogens (tertiary/aromatic N) is 3. The van der Waals surface area contributed by atoms with Crippen molar-refractivity contribution in [2.75, 3.05) is 31.6 Å². The minimum atomic E-state index is -0.793. The van der Waals surface area contributed by atoms with Gasteiger partial charge >= 0.3 is 0 Å². The van der Waals surface area contributed by atoms with E-state index in [4.69, 9.17) is 4.74 Å². The van der Waals surface area contributed by atoms with Gasteiger partial charge in [-0.3, -0.25) is 9.78 Å². The fourth-order valence-corrected chi connectivity index (χ4v) is 5.08. The minimum Gasteiger partial charge on any atom is -0.378 e. The molecule has 1 aliphatic rings. The van der Waals surface area contributed by atoms with Crippen LogP contribution in [0.1, 0.15) is 10.4 Å². The molecular weight excluding hydrogens is 482 g/mol. The number of ether oxygens (including phenoxy) is 1.